The van der Waals surface area contributed by atoms with Crippen molar-refractivity contribution in [3.8, 4) is 0 Å². The smallest absolute Gasteiger partial charge is 0.128 e. The fourth-order valence-corrected chi connectivity index (χ4v) is 1.40. The Morgan fingerprint density at radius 2 is 2.11 bits per heavy atom. The molecule has 1 aromatic rings. The Morgan fingerprint density at radius 1 is 1.32 bits per heavy atom. The lowest BCUT2D eigenvalue weighted by Gasteiger charge is -2.09. The minimum Gasteiger partial charge on any atom is -0.496 e. The predicted molar refractivity (Wildman–Crippen MR) is 74.6 cm³/mol. The van der Waals surface area contributed by atoms with Gasteiger partial charge in [-0.05, 0) is 25.2 Å². The number of rotatable bonds is 5. The molecule has 1 rings (SSSR count). The highest BCUT2D eigenvalue weighted by atomic mass is 19.1. The molecule has 0 aromatic carbocycles. The SMILES string of the molecule is C\C=C/C=C(\C(=C/C=C/F)OC)c1cc(N)ncn1. The van der Waals surface area contributed by atoms with Gasteiger partial charge in [0.2, 0.25) is 0 Å². The van der Waals surface area contributed by atoms with E-state index in [0.29, 0.717) is 29.2 Å². The van der Waals surface area contributed by atoms with Crippen LogP contribution >= 0.6 is 0 Å². The summed E-state index contributed by atoms with van der Waals surface area (Å²) in [4.78, 5) is 7.97. The largest absolute Gasteiger partial charge is 0.496 e. The Balaban J connectivity index is 3.29. The topological polar surface area (TPSA) is 61.0 Å². The van der Waals surface area contributed by atoms with Crippen molar-refractivity contribution in [2.24, 2.45) is 0 Å². The van der Waals surface area contributed by atoms with Crippen LogP contribution in [0.25, 0.3) is 5.57 Å². The summed E-state index contributed by atoms with van der Waals surface area (Å²) in [7, 11) is 1.51. The van der Waals surface area contributed by atoms with Crippen molar-refractivity contribution in [2.45, 2.75) is 6.92 Å². The number of anilines is 1. The summed E-state index contributed by atoms with van der Waals surface area (Å²) in [6.07, 6.45) is 10.1. The second-order valence-corrected chi connectivity index (χ2v) is 3.49. The Labute approximate surface area is 111 Å². The molecule has 0 saturated carbocycles. The third-order valence-electron chi connectivity index (χ3n) is 2.23. The number of aromatic nitrogens is 2. The third-order valence-corrected chi connectivity index (χ3v) is 2.23. The molecule has 0 fully saturated rings. The molecule has 0 amide bonds. The van der Waals surface area contributed by atoms with E-state index in [1.165, 1.54) is 25.6 Å². The van der Waals surface area contributed by atoms with Crippen LogP contribution in [0.3, 0.4) is 0 Å². The summed E-state index contributed by atoms with van der Waals surface area (Å²) in [5.41, 5.74) is 6.93. The zero-order chi connectivity index (χ0) is 14.1. The lowest BCUT2D eigenvalue weighted by Crippen LogP contribution is -1.99. The quantitative estimate of drug-likeness (QED) is 0.653. The first-order valence-corrected chi connectivity index (χ1v) is 5.65. The molecule has 100 valence electrons. The first kappa shape index (κ1) is 14.6. The molecule has 0 saturated heterocycles. The standard InChI is InChI=1S/C14H16FN3O/c1-3-4-6-11(13(19-2)7-5-8-15)12-9-14(16)18-10-17-12/h3-10H,1-2H3,(H2,16,17,18)/b4-3-,8-5+,11-6-,13-7+. The van der Waals surface area contributed by atoms with Gasteiger partial charge >= 0.3 is 0 Å². The number of nitrogen functional groups attached to an aromatic ring is 1. The Kier molecular flexibility index (Phi) is 6.02. The first-order chi connectivity index (χ1) is 9.22. The van der Waals surface area contributed by atoms with Crippen LogP contribution in [0.15, 0.2) is 54.9 Å². The summed E-state index contributed by atoms with van der Waals surface area (Å²) in [6, 6.07) is 1.63. The third kappa shape index (κ3) is 4.39. The zero-order valence-corrected chi connectivity index (χ0v) is 10.9. The van der Waals surface area contributed by atoms with Crippen LogP contribution in [0, 0.1) is 0 Å². The van der Waals surface area contributed by atoms with E-state index >= 15 is 0 Å². The van der Waals surface area contributed by atoms with Gasteiger partial charge in [-0.2, -0.15) is 0 Å². The van der Waals surface area contributed by atoms with Crippen LogP contribution in [0.2, 0.25) is 0 Å². The van der Waals surface area contributed by atoms with Gasteiger partial charge in [0.25, 0.3) is 0 Å². The summed E-state index contributed by atoms with van der Waals surface area (Å²) in [5.74, 6) is 0.831. The Hall–Kier alpha value is -2.43. The van der Waals surface area contributed by atoms with E-state index in [0.717, 1.165) is 0 Å². The van der Waals surface area contributed by atoms with Crippen molar-refractivity contribution < 1.29 is 9.13 Å². The van der Waals surface area contributed by atoms with E-state index in [4.69, 9.17) is 10.5 Å². The summed E-state index contributed by atoms with van der Waals surface area (Å²) in [5, 5.41) is 0. The molecule has 0 unspecified atom stereocenters. The minimum atomic E-state index is 0.355. The van der Waals surface area contributed by atoms with E-state index in [-0.39, 0.29) is 0 Å². The van der Waals surface area contributed by atoms with Gasteiger partial charge in [-0.15, -0.1) is 0 Å². The normalized spacial score (nSPS) is 13.4. The average molecular weight is 261 g/mol. The molecule has 2 N–H and O–H groups in total. The van der Waals surface area contributed by atoms with E-state index in [9.17, 15) is 4.39 Å². The number of halogens is 1. The highest BCUT2D eigenvalue weighted by Gasteiger charge is 2.09. The number of nitrogens with zero attached hydrogens (tertiary/aromatic N) is 2. The van der Waals surface area contributed by atoms with Crippen molar-refractivity contribution >= 4 is 11.4 Å². The highest BCUT2D eigenvalue weighted by molar-refractivity contribution is 5.77. The first-order valence-electron chi connectivity index (χ1n) is 5.65. The number of nitrogens with two attached hydrogens (primary N) is 1. The molecule has 0 aliphatic carbocycles. The molecule has 19 heavy (non-hydrogen) atoms. The van der Waals surface area contributed by atoms with Gasteiger partial charge in [0.15, 0.2) is 0 Å². The highest BCUT2D eigenvalue weighted by Crippen LogP contribution is 2.23. The van der Waals surface area contributed by atoms with Gasteiger partial charge in [-0.25, -0.2) is 14.4 Å². The van der Waals surface area contributed by atoms with Gasteiger partial charge in [0.05, 0.1) is 19.1 Å². The van der Waals surface area contributed by atoms with Crippen molar-refractivity contribution in [2.75, 3.05) is 12.8 Å². The lowest BCUT2D eigenvalue weighted by molar-refractivity contribution is 0.311. The number of methoxy groups -OCH3 is 1. The number of ether oxygens (including phenoxy) is 1. The van der Waals surface area contributed by atoms with Crippen LogP contribution in [0.5, 0.6) is 0 Å². The van der Waals surface area contributed by atoms with Crippen molar-refractivity contribution in [3.05, 3.63) is 60.6 Å². The van der Waals surface area contributed by atoms with E-state index in [1.54, 1.807) is 6.07 Å². The zero-order valence-electron chi connectivity index (χ0n) is 10.9. The second-order valence-electron chi connectivity index (χ2n) is 3.49. The van der Waals surface area contributed by atoms with Gasteiger partial charge in [-0.3, -0.25) is 0 Å². The molecule has 0 radical (unpaired) electrons. The minimum absolute atomic E-state index is 0.355. The molecular weight excluding hydrogens is 245 g/mol. The maximum absolute atomic E-state index is 12.1. The average Bonchev–Trinajstić information content (AvgIpc) is 2.42. The van der Waals surface area contributed by atoms with Gasteiger partial charge in [0, 0.05) is 11.6 Å². The molecule has 1 heterocycles. The fourth-order valence-electron chi connectivity index (χ4n) is 1.40. The molecule has 5 heteroatoms. The maximum Gasteiger partial charge on any atom is 0.128 e. The Morgan fingerprint density at radius 3 is 2.68 bits per heavy atom. The van der Waals surface area contributed by atoms with E-state index in [1.807, 2.05) is 25.2 Å². The lowest BCUT2D eigenvalue weighted by atomic mass is 10.1. The van der Waals surface area contributed by atoms with Crippen LogP contribution in [0.4, 0.5) is 10.2 Å². The van der Waals surface area contributed by atoms with Crippen LogP contribution in [0.1, 0.15) is 12.6 Å². The van der Waals surface area contributed by atoms with Crippen LogP contribution in [-0.2, 0) is 4.74 Å². The van der Waals surface area contributed by atoms with E-state index < -0.39 is 0 Å². The number of hydrogen-bond acceptors (Lipinski definition) is 4. The van der Waals surface area contributed by atoms with Crippen molar-refractivity contribution in [3.63, 3.8) is 0 Å². The van der Waals surface area contributed by atoms with Gasteiger partial charge in [0.1, 0.15) is 17.9 Å². The maximum atomic E-state index is 12.1. The summed E-state index contributed by atoms with van der Waals surface area (Å²) in [6.45, 7) is 1.89. The van der Waals surface area contributed by atoms with Crippen molar-refractivity contribution in [1.82, 2.24) is 9.97 Å². The molecule has 0 spiro atoms. The molecule has 0 bridgehead atoms. The van der Waals surface area contributed by atoms with Crippen molar-refractivity contribution in [1.29, 1.82) is 0 Å². The van der Waals surface area contributed by atoms with Gasteiger partial charge < -0.3 is 10.5 Å². The summed E-state index contributed by atoms with van der Waals surface area (Å²) < 4.78 is 17.4. The molecular formula is C14H16FN3O. The fraction of sp³-hybridized carbons (Fsp3) is 0.143. The van der Waals surface area contributed by atoms with Crippen LogP contribution < -0.4 is 5.73 Å². The predicted octanol–water partition coefficient (Wildman–Crippen LogP) is 3.03. The summed E-state index contributed by atoms with van der Waals surface area (Å²) >= 11 is 0. The monoisotopic (exact) mass is 261 g/mol. The van der Waals surface area contributed by atoms with Gasteiger partial charge in [-0.1, -0.05) is 12.2 Å². The Bertz CT molecular complexity index is 533. The molecule has 0 aliphatic heterocycles. The number of allylic oxidation sites excluding steroid dienone is 6. The van der Waals surface area contributed by atoms with Crippen LogP contribution in [-0.4, -0.2) is 17.1 Å². The molecule has 0 aliphatic rings. The molecule has 1 aromatic heterocycles. The second kappa shape index (κ2) is 7.81. The molecule has 4 nitrogen and oxygen atoms in total. The molecule has 0 atom stereocenters. The van der Waals surface area contributed by atoms with E-state index in [2.05, 4.69) is 9.97 Å². The number of hydrogen-bond donors (Lipinski definition) is 1.